The fourth-order valence-corrected chi connectivity index (χ4v) is 1.96. The van der Waals surface area contributed by atoms with Crippen molar-refractivity contribution in [3.63, 3.8) is 0 Å². The summed E-state index contributed by atoms with van der Waals surface area (Å²) in [4.78, 5) is 15.5. The molecule has 0 aliphatic carbocycles. The molecule has 2 rings (SSSR count). The molecule has 0 aliphatic heterocycles. The summed E-state index contributed by atoms with van der Waals surface area (Å²) in [6.45, 7) is 1.88. The van der Waals surface area contributed by atoms with Gasteiger partial charge < -0.3 is 5.32 Å². The van der Waals surface area contributed by atoms with Crippen molar-refractivity contribution in [3.05, 3.63) is 57.6 Å². The molecule has 19 heavy (non-hydrogen) atoms. The number of anilines is 1. The van der Waals surface area contributed by atoms with Gasteiger partial charge in [-0.25, -0.2) is 9.37 Å². The fraction of sp³-hybridized carbons (Fsp3) is 0.0769. The molecule has 0 saturated carbocycles. The predicted molar refractivity (Wildman–Crippen MR) is 73.3 cm³/mol. The van der Waals surface area contributed by atoms with Crippen LogP contribution in [0.15, 0.2) is 30.5 Å². The number of halogens is 3. The van der Waals surface area contributed by atoms with E-state index in [2.05, 4.69) is 10.3 Å². The number of carbonyl (C=O) groups is 1. The molecule has 1 aromatic heterocycles. The van der Waals surface area contributed by atoms with Crippen LogP contribution in [0.25, 0.3) is 0 Å². The highest BCUT2D eigenvalue weighted by Crippen LogP contribution is 2.24. The van der Waals surface area contributed by atoms with Crippen molar-refractivity contribution < 1.29 is 9.18 Å². The molecule has 0 unspecified atom stereocenters. The van der Waals surface area contributed by atoms with Crippen molar-refractivity contribution in [1.29, 1.82) is 0 Å². The Morgan fingerprint density at radius 2 is 2.05 bits per heavy atom. The van der Waals surface area contributed by atoms with Crippen LogP contribution < -0.4 is 5.32 Å². The Hall–Kier alpha value is -1.65. The molecule has 1 amide bonds. The van der Waals surface area contributed by atoms with Gasteiger partial charge in [0.05, 0.1) is 22.5 Å². The Labute approximate surface area is 119 Å². The molecule has 1 heterocycles. The number of hydrogen-bond donors (Lipinski definition) is 1. The number of aromatic nitrogens is 1. The van der Waals surface area contributed by atoms with Gasteiger partial charge in [-0.05, 0) is 30.7 Å². The predicted octanol–water partition coefficient (Wildman–Crippen LogP) is 4.09. The molecule has 98 valence electrons. The van der Waals surface area contributed by atoms with Gasteiger partial charge in [0.2, 0.25) is 0 Å². The summed E-state index contributed by atoms with van der Waals surface area (Å²) in [5, 5.41) is 2.89. The maximum Gasteiger partial charge on any atom is 0.258 e. The van der Waals surface area contributed by atoms with E-state index in [1.165, 1.54) is 0 Å². The van der Waals surface area contributed by atoms with Crippen LogP contribution in [-0.2, 0) is 0 Å². The molecule has 0 atom stereocenters. The first-order chi connectivity index (χ1) is 8.97. The summed E-state index contributed by atoms with van der Waals surface area (Å²) in [6.07, 6.45) is 0.942. The number of benzene rings is 1. The molecule has 0 aliphatic rings. The number of carbonyl (C=O) groups excluding carboxylic acids is 1. The number of nitrogens with one attached hydrogen (secondary N) is 1. The zero-order valence-corrected chi connectivity index (χ0v) is 11.4. The zero-order valence-electron chi connectivity index (χ0n) is 9.88. The lowest BCUT2D eigenvalue weighted by atomic mass is 10.2. The van der Waals surface area contributed by atoms with Gasteiger partial charge >= 0.3 is 0 Å². The Morgan fingerprint density at radius 1 is 1.32 bits per heavy atom. The molecule has 1 N–H and O–H groups in total. The van der Waals surface area contributed by atoms with E-state index in [0.29, 0.717) is 10.7 Å². The van der Waals surface area contributed by atoms with Gasteiger partial charge in [0.1, 0.15) is 11.0 Å². The molecule has 0 bridgehead atoms. The highest BCUT2D eigenvalue weighted by Gasteiger charge is 2.14. The molecule has 0 radical (unpaired) electrons. The van der Waals surface area contributed by atoms with Crippen LogP contribution in [0.2, 0.25) is 10.2 Å². The van der Waals surface area contributed by atoms with Crippen molar-refractivity contribution in [2.45, 2.75) is 6.92 Å². The van der Waals surface area contributed by atoms with Crippen LogP contribution >= 0.6 is 23.2 Å². The second-order valence-corrected chi connectivity index (χ2v) is 4.69. The molecule has 0 fully saturated rings. The first-order valence-corrected chi connectivity index (χ1v) is 6.11. The van der Waals surface area contributed by atoms with E-state index in [-0.39, 0.29) is 10.7 Å². The molecular formula is C13H9Cl2FN2O. The van der Waals surface area contributed by atoms with Gasteiger partial charge in [-0.1, -0.05) is 29.3 Å². The van der Waals surface area contributed by atoms with Gasteiger partial charge in [0.15, 0.2) is 0 Å². The summed E-state index contributed by atoms with van der Waals surface area (Å²) < 4.78 is 13.1. The number of pyridine rings is 1. The highest BCUT2D eigenvalue weighted by atomic mass is 35.5. The second-order valence-electron chi connectivity index (χ2n) is 3.93. The normalized spacial score (nSPS) is 10.3. The largest absolute Gasteiger partial charge is 0.321 e. The number of aryl methyl sites for hydroxylation is 1. The lowest BCUT2D eigenvalue weighted by Crippen LogP contribution is -2.13. The maximum absolute atomic E-state index is 13.1. The molecule has 0 spiro atoms. The van der Waals surface area contributed by atoms with E-state index in [4.69, 9.17) is 23.2 Å². The highest BCUT2D eigenvalue weighted by molar-refractivity contribution is 6.35. The second kappa shape index (κ2) is 5.55. The first-order valence-electron chi connectivity index (χ1n) is 5.36. The van der Waals surface area contributed by atoms with Crippen LogP contribution in [0.3, 0.4) is 0 Å². The molecule has 0 saturated heterocycles. The van der Waals surface area contributed by atoms with E-state index in [9.17, 15) is 9.18 Å². The Bertz CT molecular complexity index is 647. The minimum Gasteiger partial charge on any atom is -0.321 e. The Morgan fingerprint density at radius 3 is 2.74 bits per heavy atom. The summed E-state index contributed by atoms with van der Waals surface area (Å²) in [5.74, 6) is -1.20. The minimum atomic E-state index is -0.635. The first kappa shape index (κ1) is 13.8. The Kier molecular flexibility index (Phi) is 4.02. The van der Waals surface area contributed by atoms with E-state index in [1.54, 1.807) is 18.2 Å². The molecular weight excluding hydrogens is 290 g/mol. The van der Waals surface area contributed by atoms with Crippen LogP contribution in [0.5, 0.6) is 0 Å². The van der Waals surface area contributed by atoms with Crippen molar-refractivity contribution in [1.82, 2.24) is 4.98 Å². The van der Waals surface area contributed by atoms with E-state index >= 15 is 0 Å². The van der Waals surface area contributed by atoms with Crippen LogP contribution in [-0.4, -0.2) is 10.9 Å². The monoisotopic (exact) mass is 298 g/mol. The summed E-state index contributed by atoms with van der Waals surface area (Å²) in [7, 11) is 0. The molecule has 6 heteroatoms. The third-order valence-corrected chi connectivity index (χ3v) is 3.04. The van der Waals surface area contributed by atoms with E-state index in [0.717, 1.165) is 17.8 Å². The quantitative estimate of drug-likeness (QED) is 0.849. The lowest BCUT2D eigenvalue weighted by molar-refractivity contribution is 0.102. The topological polar surface area (TPSA) is 42.0 Å². The maximum atomic E-state index is 13.1. The molecule has 2 aromatic rings. The third kappa shape index (κ3) is 3.22. The third-order valence-electron chi connectivity index (χ3n) is 2.42. The lowest BCUT2D eigenvalue weighted by Gasteiger charge is -2.08. The van der Waals surface area contributed by atoms with Crippen LogP contribution in [0.4, 0.5) is 10.1 Å². The standard InChI is InChI=1S/C13H9Cl2FN2O/c1-7-2-3-11(10(14)4-7)18-13(19)9-5-8(16)6-17-12(9)15/h2-6H,1H3,(H,18,19). The van der Waals surface area contributed by atoms with Gasteiger partial charge in [-0.15, -0.1) is 0 Å². The smallest absolute Gasteiger partial charge is 0.258 e. The Balaban J connectivity index is 2.28. The molecule has 3 nitrogen and oxygen atoms in total. The van der Waals surface area contributed by atoms with Gasteiger partial charge in [0, 0.05) is 0 Å². The summed E-state index contributed by atoms with van der Waals surface area (Å²) in [5.41, 5.74) is 1.35. The average Bonchev–Trinajstić information content (AvgIpc) is 2.35. The van der Waals surface area contributed by atoms with Crippen molar-refractivity contribution in [2.75, 3.05) is 5.32 Å². The zero-order chi connectivity index (χ0) is 14.0. The number of amides is 1. The van der Waals surface area contributed by atoms with Gasteiger partial charge in [0.25, 0.3) is 5.91 Å². The van der Waals surface area contributed by atoms with Gasteiger partial charge in [-0.2, -0.15) is 0 Å². The minimum absolute atomic E-state index is 0.0432. The summed E-state index contributed by atoms with van der Waals surface area (Å²) >= 11 is 11.7. The number of nitrogens with zero attached hydrogens (tertiary/aromatic N) is 1. The fourth-order valence-electron chi connectivity index (χ4n) is 1.49. The van der Waals surface area contributed by atoms with Crippen molar-refractivity contribution >= 4 is 34.8 Å². The SMILES string of the molecule is Cc1ccc(NC(=O)c2cc(F)cnc2Cl)c(Cl)c1. The molecule has 1 aromatic carbocycles. The van der Waals surface area contributed by atoms with E-state index < -0.39 is 11.7 Å². The van der Waals surface area contributed by atoms with Crippen LogP contribution in [0, 0.1) is 12.7 Å². The van der Waals surface area contributed by atoms with Crippen molar-refractivity contribution in [2.24, 2.45) is 0 Å². The number of rotatable bonds is 2. The van der Waals surface area contributed by atoms with Crippen LogP contribution in [0.1, 0.15) is 15.9 Å². The number of hydrogen-bond acceptors (Lipinski definition) is 2. The van der Waals surface area contributed by atoms with E-state index in [1.807, 2.05) is 6.92 Å². The summed E-state index contributed by atoms with van der Waals surface area (Å²) in [6, 6.07) is 6.19. The van der Waals surface area contributed by atoms with Crippen molar-refractivity contribution in [3.8, 4) is 0 Å². The average molecular weight is 299 g/mol. The van der Waals surface area contributed by atoms with Gasteiger partial charge in [-0.3, -0.25) is 4.79 Å².